The number of likely N-dealkylation sites (tertiary alicyclic amines) is 1. The summed E-state index contributed by atoms with van der Waals surface area (Å²) in [5.74, 6) is 1.67. The second-order valence-corrected chi connectivity index (χ2v) is 7.17. The molecule has 1 amide bonds. The molecule has 0 N–H and O–H groups in total. The number of anilines is 1. The van der Waals surface area contributed by atoms with Gasteiger partial charge in [0.2, 0.25) is 5.95 Å². The Balaban J connectivity index is 1.58. The minimum Gasteiger partial charge on any atom is -0.337 e. The lowest BCUT2D eigenvalue weighted by Gasteiger charge is -2.23. The summed E-state index contributed by atoms with van der Waals surface area (Å²) in [5, 5.41) is 0. The standard InChI is InChI=1S/C20H22N6O/c27-19(24-11-3-4-12-24)17-15-7-1-2-13-25(15)18(23-17)16-8-5-14-26(16)20-21-9-6-10-22-20/h1-2,6-7,9-10,13,16H,3-5,8,11-12,14H2/t16-/m1/s1. The fraction of sp³-hybridized carbons (Fsp3) is 0.400. The summed E-state index contributed by atoms with van der Waals surface area (Å²) in [7, 11) is 0. The molecule has 3 aromatic rings. The maximum atomic E-state index is 13.1. The number of rotatable bonds is 3. The van der Waals surface area contributed by atoms with Gasteiger partial charge in [0.25, 0.3) is 5.91 Å². The van der Waals surface area contributed by atoms with Crippen LogP contribution in [0, 0.1) is 0 Å². The third-order valence-corrected chi connectivity index (χ3v) is 5.53. The molecule has 27 heavy (non-hydrogen) atoms. The molecule has 7 nitrogen and oxygen atoms in total. The molecule has 2 saturated heterocycles. The summed E-state index contributed by atoms with van der Waals surface area (Å²) in [4.78, 5) is 30.9. The van der Waals surface area contributed by atoms with Crippen molar-refractivity contribution in [3.8, 4) is 0 Å². The van der Waals surface area contributed by atoms with Gasteiger partial charge in [-0.25, -0.2) is 15.0 Å². The number of hydrogen-bond acceptors (Lipinski definition) is 5. The lowest BCUT2D eigenvalue weighted by atomic mass is 10.2. The topological polar surface area (TPSA) is 66.6 Å². The molecule has 7 heteroatoms. The predicted molar refractivity (Wildman–Crippen MR) is 102 cm³/mol. The molecule has 138 valence electrons. The van der Waals surface area contributed by atoms with E-state index in [4.69, 9.17) is 4.98 Å². The van der Waals surface area contributed by atoms with Crippen molar-refractivity contribution in [2.75, 3.05) is 24.5 Å². The van der Waals surface area contributed by atoms with E-state index in [1.807, 2.05) is 35.4 Å². The first-order chi connectivity index (χ1) is 13.3. The monoisotopic (exact) mass is 362 g/mol. The van der Waals surface area contributed by atoms with Crippen LogP contribution < -0.4 is 4.90 Å². The van der Waals surface area contributed by atoms with E-state index in [1.165, 1.54) is 0 Å². The number of nitrogens with zero attached hydrogens (tertiary/aromatic N) is 6. The van der Waals surface area contributed by atoms with E-state index in [9.17, 15) is 4.79 Å². The first-order valence-corrected chi connectivity index (χ1v) is 9.63. The Morgan fingerprint density at radius 2 is 1.81 bits per heavy atom. The predicted octanol–water partition coefficient (Wildman–Crippen LogP) is 2.70. The van der Waals surface area contributed by atoms with Crippen molar-refractivity contribution >= 4 is 17.4 Å². The van der Waals surface area contributed by atoms with Crippen LogP contribution in [-0.4, -0.2) is 49.8 Å². The minimum atomic E-state index is 0.0444. The maximum absolute atomic E-state index is 13.1. The quantitative estimate of drug-likeness (QED) is 0.717. The largest absolute Gasteiger partial charge is 0.337 e. The molecule has 5 heterocycles. The first-order valence-electron chi connectivity index (χ1n) is 9.63. The molecule has 0 spiro atoms. The van der Waals surface area contributed by atoms with Crippen LogP contribution >= 0.6 is 0 Å². The number of aromatic nitrogens is 4. The third kappa shape index (κ3) is 2.74. The molecule has 2 fully saturated rings. The Labute approximate surface area is 157 Å². The van der Waals surface area contributed by atoms with Crippen LogP contribution in [0.1, 0.15) is 48.0 Å². The molecule has 3 aromatic heterocycles. The fourth-order valence-corrected chi connectivity index (χ4v) is 4.24. The molecule has 5 rings (SSSR count). The molecule has 2 aliphatic heterocycles. The average molecular weight is 362 g/mol. The van der Waals surface area contributed by atoms with E-state index in [-0.39, 0.29) is 11.9 Å². The summed E-state index contributed by atoms with van der Waals surface area (Å²) in [6.45, 7) is 2.55. The Morgan fingerprint density at radius 3 is 2.63 bits per heavy atom. The highest BCUT2D eigenvalue weighted by Crippen LogP contribution is 2.35. The highest BCUT2D eigenvalue weighted by molar-refractivity contribution is 5.99. The summed E-state index contributed by atoms with van der Waals surface area (Å²) < 4.78 is 2.06. The molecule has 2 aliphatic rings. The van der Waals surface area contributed by atoms with E-state index < -0.39 is 0 Å². The van der Waals surface area contributed by atoms with Crippen molar-refractivity contribution in [2.24, 2.45) is 0 Å². The van der Waals surface area contributed by atoms with Crippen molar-refractivity contribution in [3.05, 3.63) is 54.4 Å². The molecule has 0 saturated carbocycles. The van der Waals surface area contributed by atoms with Crippen LogP contribution in [0.25, 0.3) is 5.52 Å². The zero-order valence-electron chi connectivity index (χ0n) is 15.2. The number of amides is 1. The van der Waals surface area contributed by atoms with Gasteiger partial charge in [-0.3, -0.25) is 4.79 Å². The van der Waals surface area contributed by atoms with E-state index in [0.717, 1.165) is 62.6 Å². The van der Waals surface area contributed by atoms with Crippen molar-refractivity contribution < 1.29 is 4.79 Å². The number of pyridine rings is 1. The van der Waals surface area contributed by atoms with Gasteiger partial charge >= 0.3 is 0 Å². The van der Waals surface area contributed by atoms with Crippen molar-refractivity contribution in [3.63, 3.8) is 0 Å². The highest BCUT2D eigenvalue weighted by Gasteiger charge is 2.33. The summed E-state index contributed by atoms with van der Waals surface area (Å²) in [5.41, 5.74) is 1.44. The first kappa shape index (κ1) is 16.2. The van der Waals surface area contributed by atoms with Gasteiger partial charge in [0.05, 0.1) is 11.6 Å². The van der Waals surface area contributed by atoms with Crippen molar-refractivity contribution in [2.45, 2.75) is 31.7 Å². The Bertz CT molecular complexity index is 963. The van der Waals surface area contributed by atoms with Crippen LogP contribution in [0.2, 0.25) is 0 Å². The normalized spacial score (nSPS) is 19.9. The van der Waals surface area contributed by atoms with E-state index >= 15 is 0 Å². The van der Waals surface area contributed by atoms with Crippen LogP contribution in [-0.2, 0) is 0 Å². The Hall–Kier alpha value is -2.96. The number of imidazole rings is 1. The van der Waals surface area contributed by atoms with Gasteiger partial charge in [0.1, 0.15) is 5.82 Å². The number of fused-ring (bicyclic) bond motifs is 1. The zero-order valence-corrected chi connectivity index (χ0v) is 15.2. The van der Waals surface area contributed by atoms with Gasteiger partial charge in [-0.2, -0.15) is 0 Å². The summed E-state index contributed by atoms with van der Waals surface area (Å²) in [6, 6.07) is 7.83. The van der Waals surface area contributed by atoms with Gasteiger partial charge in [-0.15, -0.1) is 0 Å². The summed E-state index contributed by atoms with van der Waals surface area (Å²) in [6.07, 6.45) is 9.72. The van der Waals surface area contributed by atoms with Crippen LogP contribution in [0.4, 0.5) is 5.95 Å². The van der Waals surface area contributed by atoms with Gasteiger partial charge in [0.15, 0.2) is 5.69 Å². The maximum Gasteiger partial charge on any atom is 0.274 e. The SMILES string of the molecule is O=C(c1nc([C@H]2CCCN2c2ncccn2)n2ccccc12)N1CCCC1. The van der Waals surface area contributed by atoms with Crippen LogP contribution in [0.15, 0.2) is 42.9 Å². The third-order valence-electron chi connectivity index (χ3n) is 5.53. The molecule has 0 aromatic carbocycles. The molecule has 0 aliphatic carbocycles. The van der Waals surface area contributed by atoms with Gasteiger partial charge in [0, 0.05) is 38.2 Å². The minimum absolute atomic E-state index is 0.0444. The molecule has 0 radical (unpaired) electrons. The van der Waals surface area contributed by atoms with Crippen LogP contribution in [0.3, 0.4) is 0 Å². The van der Waals surface area contributed by atoms with Crippen molar-refractivity contribution in [1.82, 2.24) is 24.3 Å². The van der Waals surface area contributed by atoms with Gasteiger partial charge < -0.3 is 14.2 Å². The van der Waals surface area contributed by atoms with Gasteiger partial charge in [-0.1, -0.05) is 6.07 Å². The Kier molecular flexibility index (Phi) is 3.99. The Morgan fingerprint density at radius 1 is 1.00 bits per heavy atom. The lowest BCUT2D eigenvalue weighted by Crippen LogP contribution is -2.28. The summed E-state index contributed by atoms with van der Waals surface area (Å²) >= 11 is 0. The van der Waals surface area contributed by atoms with Crippen LogP contribution in [0.5, 0.6) is 0 Å². The van der Waals surface area contributed by atoms with E-state index in [2.05, 4.69) is 19.3 Å². The smallest absolute Gasteiger partial charge is 0.274 e. The molecule has 0 unspecified atom stereocenters. The second kappa shape index (κ2) is 6.64. The fourth-order valence-electron chi connectivity index (χ4n) is 4.24. The molecular weight excluding hydrogens is 340 g/mol. The molecule has 0 bridgehead atoms. The molecule has 1 atom stereocenters. The van der Waals surface area contributed by atoms with Crippen molar-refractivity contribution in [1.29, 1.82) is 0 Å². The van der Waals surface area contributed by atoms with Gasteiger partial charge in [-0.05, 0) is 43.9 Å². The van der Waals surface area contributed by atoms with E-state index in [1.54, 1.807) is 12.4 Å². The lowest BCUT2D eigenvalue weighted by molar-refractivity contribution is 0.0789. The highest BCUT2D eigenvalue weighted by atomic mass is 16.2. The number of hydrogen-bond donors (Lipinski definition) is 0. The molecular formula is C20H22N6O. The number of carbonyl (C=O) groups excluding carboxylic acids is 1. The number of carbonyl (C=O) groups is 1. The van der Waals surface area contributed by atoms with E-state index in [0.29, 0.717) is 5.69 Å². The zero-order chi connectivity index (χ0) is 18.2. The average Bonchev–Trinajstić information content (AvgIpc) is 3.47. The second-order valence-electron chi connectivity index (χ2n) is 7.17.